The number of aliphatic hydroxyl groups is 1. The number of ether oxygens (including phenoxy) is 1. The SMILES string of the molecule is COC(=O)C(C)CNC1(CO)CC1. The molecule has 0 amide bonds. The first kappa shape index (κ1) is 10.5. The van der Waals surface area contributed by atoms with E-state index in [-0.39, 0.29) is 24.0 Å². The van der Waals surface area contributed by atoms with Crippen molar-refractivity contribution in [2.24, 2.45) is 5.92 Å². The minimum Gasteiger partial charge on any atom is -0.469 e. The Morgan fingerprint density at radius 2 is 2.31 bits per heavy atom. The fraction of sp³-hybridized carbons (Fsp3) is 0.889. The van der Waals surface area contributed by atoms with Gasteiger partial charge >= 0.3 is 5.97 Å². The molecule has 1 aliphatic rings. The zero-order valence-corrected chi connectivity index (χ0v) is 8.17. The maximum atomic E-state index is 11.0. The Morgan fingerprint density at radius 3 is 2.69 bits per heavy atom. The molecule has 4 nitrogen and oxygen atoms in total. The van der Waals surface area contributed by atoms with E-state index in [1.165, 1.54) is 7.11 Å². The van der Waals surface area contributed by atoms with E-state index in [0.717, 1.165) is 12.8 Å². The van der Waals surface area contributed by atoms with Crippen molar-refractivity contribution in [2.45, 2.75) is 25.3 Å². The number of carbonyl (C=O) groups excluding carboxylic acids is 1. The number of aliphatic hydroxyl groups excluding tert-OH is 1. The van der Waals surface area contributed by atoms with Crippen molar-refractivity contribution < 1.29 is 14.6 Å². The first-order chi connectivity index (χ1) is 6.13. The predicted octanol–water partition coefficient (Wildman–Crippen LogP) is -0.0900. The second kappa shape index (κ2) is 4.07. The molecule has 0 aromatic carbocycles. The van der Waals surface area contributed by atoms with Gasteiger partial charge in [0, 0.05) is 12.1 Å². The van der Waals surface area contributed by atoms with Gasteiger partial charge in [-0.25, -0.2) is 0 Å². The van der Waals surface area contributed by atoms with Crippen LogP contribution in [0, 0.1) is 5.92 Å². The van der Waals surface area contributed by atoms with E-state index < -0.39 is 0 Å². The molecule has 2 N–H and O–H groups in total. The molecule has 0 bridgehead atoms. The third-order valence-electron chi connectivity index (χ3n) is 2.54. The number of esters is 1. The van der Waals surface area contributed by atoms with Gasteiger partial charge in [-0.15, -0.1) is 0 Å². The molecule has 1 unspecified atom stereocenters. The Kier molecular flexibility index (Phi) is 3.27. The van der Waals surface area contributed by atoms with Gasteiger partial charge in [-0.3, -0.25) is 4.79 Å². The van der Waals surface area contributed by atoms with E-state index in [2.05, 4.69) is 10.1 Å². The molecule has 4 heteroatoms. The molecule has 0 aliphatic heterocycles. The molecule has 1 saturated carbocycles. The molecular weight excluding hydrogens is 170 g/mol. The summed E-state index contributed by atoms with van der Waals surface area (Å²) in [6.45, 7) is 2.54. The lowest BCUT2D eigenvalue weighted by molar-refractivity contribution is -0.144. The third kappa shape index (κ3) is 2.67. The van der Waals surface area contributed by atoms with Crippen LogP contribution in [-0.2, 0) is 9.53 Å². The largest absolute Gasteiger partial charge is 0.469 e. The fourth-order valence-corrected chi connectivity index (χ4v) is 1.20. The van der Waals surface area contributed by atoms with Crippen molar-refractivity contribution in [3.63, 3.8) is 0 Å². The molecule has 0 heterocycles. The quantitative estimate of drug-likeness (QED) is 0.591. The van der Waals surface area contributed by atoms with Gasteiger partial charge in [0.15, 0.2) is 0 Å². The van der Waals surface area contributed by atoms with Crippen molar-refractivity contribution in [3.05, 3.63) is 0 Å². The summed E-state index contributed by atoms with van der Waals surface area (Å²) in [5.74, 6) is -0.352. The number of carbonyl (C=O) groups is 1. The molecule has 13 heavy (non-hydrogen) atoms. The van der Waals surface area contributed by atoms with Crippen LogP contribution in [0.25, 0.3) is 0 Å². The van der Waals surface area contributed by atoms with Crippen molar-refractivity contribution in [3.8, 4) is 0 Å². The summed E-state index contributed by atoms with van der Waals surface area (Å²) < 4.78 is 4.59. The molecule has 76 valence electrons. The summed E-state index contributed by atoms with van der Waals surface area (Å²) in [4.78, 5) is 11.0. The lowest BCUT2D eigenvalue weighted by atomic mass is 10.1. The molecule has 1 aliphatic carbocycles. The van der Waals surface area contributed by atoms with E-state index in [4.69, 9.17) is 5.11 Å². The highest BCUT2D eigenvalue weighted by atomic mass is 16.5. The number of hydrogen-bond acceptors (Lipinski definition) is 4. The number of nitrogens with one attached hydrogen (secondary N) is 1. The first-order valence-electron chi connectivity index (χ1n) is 4.57. The van der Waals surface area contributed by atoms with Gasteiger partial charge in [-0.1, -0.05) is 6.92 Å². The van der Waals surface area contributed by atoms with E-state index in [9.17, 15) is 4.79 Å². The van der Waals surface area contributed by atoms with Gasteiger partial charge in [0.05, 0.1) is 19.6 Å². The van der Waals surface area contributed by atoms with E-state index in [1.54, 1.807) is 0 Å². The number of rotatable bonds is 5. The van der Waals surface area contributed by atoms with Crippen molar-refractivity contribution in [1.29, 1.82) is 0 Å². The van der Waals surface area contributed by atoms with Crippen molar-refractivity contribution >= 4 is 5.97 Å². The van der Waals surface area contributed by atoms with Crippen LogP contribution in [0.4, 0.5) is 0 Å². The Morgan fingerprint density at radius 1 is 1.69 bits per heavy atom. The highest BCUT2D eigenvalue weighted by Crippen LogP contribution is 2.34. The lowest BCUT2D eigenvalue weighted by Gasteiger charge is -2.16. The molecule has 0 aromatic rings. The van der Waals surface area contributed by atoms with E-state index >= 15 is 0 Å². The maximum absolute atomic E-state index is 11.0. The molecule has 0 aromatic heterocycles. The molecular formula is C9H17NO3. The minimum absolute atomic E-state index is 0.0950. The summed E-state index contributed by atoms with van der Waals surface area (Å²) in [7, 11) is 1.39. The average molecular weight is 187 g/mol. The standard InChI is InChI=1S/C9H17NO3/c1-7(8(12)13-2)5-10-9(6-11)3-4-9/h7,10-11H,3-6H2,1-2H3. The second-order valence-electron chi connectivity index (χ2n) is 3.74. The minimum atomic E-state index is -0.207. The third-order valence-corrected chi connectivity index (χ3v) is 2.54. The average Bonchev–Trinajstić information content (AvgIpc) is 2.93. The summed E-state index contributed by atoms with van der Waals surface area (Å²) >= 11 is 0. The van der Waals surface area contributed by atoms with Crippen LogP contribution in [0.3, 0.4) is 0 Å². The zero-order valence-electron chi connectivity index (χ0n) is 8.17. The monoisotopic (exact) mass is 187 g/mol. The molecule has 1 rings (SSSR count). The van der Waals surface area contributed by atoms with Crippen LogP contribution in [0.15, 0.2) is 0 Å². The number of hydrogen-bond donors (Lipinski definition) is 2. The van der Waals surface area contributed by atoms with Crippen LogP contribution in [-0.4, -0.2) is 36.9 Å². The molecule has 1 atom stereocenters. The maximum Gasteiger partial charge on any atom is 0.309 e. The molecule has 0 spiro atoms. The highest BCUT2D eigenvalue weighted by Gasteiger charge is 2.41. The Balaban J connectivity index is 2.22. The van der Waals surface area contributed by atoms with Crippen molar-refractivity contribution in [2.75, 3.05) is 20.3 Å². The van der Waals surface area contributed by atoms with Crippen LogP contribution in [0.2, 0.25) is 0 Å². The van der Waals surface area contributed by atoms with Gasteiger partial charge < -0.3 is 15.2 Å². The van der Waals surface area contributed by atoms with Gasteiger partial charge in [0.1, 0.15) is 0 Å². The van der Waals surface area contributed by atoms with Gasteiger partial charge in [-0.2, -0.15) is 0 Å². The Hall–Kier alpha value is -0.610. The predicted molar refractivity (Wildman–Crippen MR) is 48.2 cm³/mol. The second-order valence-corrected chi connectivity index (χ2v) is 3.74. The van der Waals surface area contributed by atoms with E-state index in [0.29, 0.717) is 6.54 Å². The normalized spacial score (nSPS) is 20.8. The molecule has 0 saturated heterocycles. The highest BCUT2D eigenvalue weighted by molar-refractivity contribution is 5.72. The van der Waals surface area contributed by atoms with Gasteiger partial charge in [-0.05, 0) is 12.8 Å². The van der Waals surface area contributed by atoms with Gasteiger partial charge in [0.2, 0.25) is 0 Å². The van der Waals surface area contributed by atoms with Crippen molar-refractivity contribution in [1.82, 2.24) is 5.32 Å². The van der Waals surface area contributed by atoms with Crippen LogP contribution < -0.4 is 5.32 Å². The van der Waals surface area contributed by atoms with Crippen LogP contribution in [0.5, 0.6) is 0 Å². The lowest BCUT2D eigenvalue weighted by Crippen LogP contribution is -2.39. The Bertz CT molecular complexity index is 189. The Labute approximate surface area is 78.3 Å². The number of methoxy groups -OCH3 is 1. The van der Waals surface area contributed by atoms with Crippen LogP contribution >= 0.6 is 0 Å². The summed E-state index contributed by atoms with van der Waals surface area (Å²) in [5.41, 5.74) is -0.0950. The molecule has 0 radical (unpaired) electrons. The van der Waals surface area contributed by atoms with Crippen LogP contribution in [0.1, 0.15) is 19.8 Å². The summed E-state index contributed by atoms with van der Waals surface area (Å²) in [5, 5.41) is 12.2. The zero-order chi connectivity index (χ0) is 9.90. The van der Waals surface area contributed by atoms with Gasteiger partial charge in [0.25, 0.3) is 0 Å². The first-order valence-corrected chi connectivity index (χ1v) is 4.57. The smallest absolute Gasteiger partial charge is 0.309 e. The van der Waals surface area contributed by atoms with E-state index in [1.807, 2.05) is 6.92 Å². The topological polar surface area (TPSA) is 58.6 Å². The summed E-state index contributed by atoms with van der Waals surface area (Å²) in [6.07, 6.45) is 1.99. The molecule has 1 fully saturated rings. The summed E-state index contributed by atoms with van der Waals surface area (Å²) in [6, 6.07) is 0. The fourth-order valence-electron chi connectivity index (χ4n) is 1.20.